The standard InChI is InChI=1S/C33H50O4/c1-20-21-9-10-25-32(7)14-8-13-29(2,3)24(32)12-16-33(25,18-21)28(20)37-27(35)17-26(34)36-23-19-31(6)15-11-22(23)30(31,4)5/h21-25,28H,1,8-19H2,2-7H3/t21-,22-,23+,24-,25+,28-,31+,32-,33-/m1/s1. The van der Waals surface area contributed by atoms with Crippen molar-refractivity contribution in [3.05, 3.63) is 12.2 Å². The summed E-state index contributed by atoms with van der Waals surface area (Å²) in [7, 11) is 0. The van der Waals surface area contributed by atoms with Crippen LogP contribution < -0.4 is 0 Å². The Morgan fingerprint density at radius 3 is 2.24 bits per heavy atom. The van der Waals surface area contributed by atoms with Crippen molar-refractivity contribution in [2.45, 2.75) is 131 Å². The molecule has 4 bridgehead atoms. The fourth-order valence-corrected chi connectivity index (χ4v) is 11.7. The molecule has 0 amide bonds. The Bertz CT molecular complexity index is 1010. The van der Waals surface area contributed by atoms with Crippen LogP contribution in [-0.2, 0) is 19.1 Å². The molecule has 0 aromatic rings. The molecule has 0 saturated heterocycles. The predicted octanol–water partition coefficient (Wildman–Crippen LogP) is 7.65. The highest BCUT2D eigenvalue weighted by Gasteiger charge is 2.67. The Morgan fingerprint density at radius 2 is 1.57 bits per heavy atom. The second-order valence-electron chi connectivity index (χ2n) is 16.0. The molecule has 4 nitrogen and oxygen atoms in total. The first kappa shape index (κ1) is 25.9. The van der Waals surface area contributed by atoms with Gasteiger partial charge < -0.3 is 9.47 Å². The van der Waals surface area contributed by atoms with Gasteiger partial charge in [0, 0.05) is 11.3 Å². The minimum Gasteiger partial charge on any atom is -0.462 e. The van der Waals surface area contributed by atoms with Crippen LogP contribution in [0.5, 0.6) is 0 Å². The van der Waals surface area contributed by atoms with Gasteiger partial charge in [-0.05, 0) is 109 Å². The summed E-state index contributed by atoms with van der Waals surface area (Å²) >= 11 is 0. The van der Waals surface area contributed by atoms with Crippen LogP contribution in [0.15, 0.2) is 12.2 Å². The zero-order valence-corrected chi connectivity index (χ0v) is 24.3. The van der Waals surface area contributed by atoms with Gasteiger partial charge in [-0.2, -0.15) is 0 Å². The Morgan fingerprint density at radius 1 is 0.838 bits per heavy atom. The Labute approximate surface area is 224 Å². The van der Waals surface area contributed by atoms with Crippen LogP contribution in [0.3, 0.4) is 0 Å². The zero-order chi connectivity index (χ0) is 26.6. The number of esters is 2. The second-order valence-corrected chi connectivity index (χ2v) is 16.0. The summed E-state index contributed by atoms with van der Waals surface area (Å²) in [6, 6.07) is 0. The molecule has 0 aromatic heterocycles. The number of ether oxygens (including phenoxy) is 2. The van der Waals surface area contributed by atoms with Gasteiger partial charge in [-0.15, -0.1) is 0 Å². The van der Waals surface area contributed by atoms with Gasteiger partial charge in [-0.25, -0.2) is 0 Å². The first-order chi connectivity index (χ1) is 17.2. The third kappa shape index (κ3) is 3.51. The summed E-state index contributed by atoms with van der Waals surface area (Å²) in [5.74, 6) is 1.31. The van der Waals surface area contributed by atoms with E-state index < -0.39 is 11.9 Å². The molecular weight excluding hydrogens is 460 g/mol. The summed E-state index contributed by atoms with van der Waals surface area (Å²) in [6.45, 7) is 19.0. The van der Waals surface area contributed by atoms with Crippen LogP contribution in [0, 0.1) is 50.7 Å². The molecule has 0 heterocycles. The minimum absolute atomic E-state index is 0.00144. The summed E-state index contributed by atoms with van der Waals surface area (Å²) in [4.78, 5) is 26.2. The fraction of sp³-hybridized carbons (Fsp3) is 0.879. The maximum atomic E-state index is 13.2. The molecule has 0 aliphatic heterocycles. The molecule has 4 heteroatoms. The first-order valence-corrected chi connectivity index (χ1v) is 15.3. The number of hydrogen-bond acceptors (Lipinski definition) is 4. The van der Waals surface area contributed by atoms with Gasteiger partial charge in [0.05, 0.1) is 0 Å². The van der Waals surface area contributed by atoms with Crippen LogP contribution in [0.2, 0.25) is 0 Å². The molecule has 206 valence electrons. The molecule has 1 spiro atoms. The lowest BCUT2D eigenvalue weighted by Gasteiger charge is -2.64. The zero-order valence-electron chi connectivity index (χ0n) is 24.3. The van der Waals surface area contributed by atoms with E-state index >= 15 is 0 Å². The Kier molecular flexibility index (Phi) is 5.68. The smallest absolute Gasteiger partial charge is 0.317 e. The summed E-state index contributed by atoms with van der Waals surface area (Å²) < 4.78 is 12.2. The molecule has 6 aliphatic carbocycles. The number of carbonyl (C=O) groups is 2. The topological polar surface area (TPSA) is 52.6 Å². The summed E-state index contributed by atoms with van der Waals surface area (Å²) in [6.07, 6.45) is 12.4. The lowest BCUT2D eigenvalue weighted by Crippen LogP contribution is -2.58. The molecule has 6 fully saturated rings. The third-order valence-electron chi connectivity index (χ3n) is 13.9. The molecular formula is C33H50O4. The van der Waals surface area contributed by atoms with E-state index in [9.17, 15) is 9.59 Å². The van der Waals surface area contributed by atoms with E-state index in [1.807, 2.05) is 0 Å². The second kappa shape index (κ2) is 8.10. The van der Waals surface area contributed by atoms with Crippen molar-refractivity contribution in [1.29, 1.82) is 0 Å². The lowest BCUT2D eigenvalue weighted by molar-refractivity contribution is -0.186. The predicted molar refractivity (Wildman–Crippen MR) is 144 cm³/mol. The van der Waals surface area contributed by atoms with Crippen LogP contribution in [0.4, 0.5) is 0 Å². The van der Waals surface area contributed by atoms with Crippen LogP contribution >= 0.6 is 0 Å². The van der Waals surface area contributed by atoms with Gasteiger partial charge in [0.15, 0.2) is 0 Å². The van der Waals surface area contributed by atoms with Gasteiger partial charge in [0.25, 0.3) is 0 Å². The fourth-order valence-electron chi connectivity index (χ4n) is 11.7. The van der Waals surface area contributed by atoms with Crippen molar-refractivity contribution in [1.82, 2.24) is 0 Å². The number of carbonyl (C=O) groups excluding carboxylic acids is 2. The maximum absolute atomic E-state index is 13.2. The Balaban J connectivity index is 1.16. The van der Waals surface area contributed by atoms with E-state index in [1.54, 1.807) is 0 Å². The quantitative estimate of drug-likeness (QED) is 0.221. The summed E-state index contributed by atoms with van der Waals surface area (Å²) in [5.41, 5.74) is 2.19. The lowest BCUT2D eigenvalue weighted by atomic mass is 9.41. The summed E-state index contributed by atoms with van der Waals surface area (Å²) in [5, 5.41) is 0. The Hall–Kier alpha value is -1.32. The first-order valence-electron chi connectivity index (χ1n) is 15.3. The largest absolute Gasteiger partial charge is 0.462 e. The van der Waals surface area contributed by atoms with Crippen LogP contribution in [0.1, 0.15) is 119 Å². The van der Waals surface area contributed by atoms with Crippen molar-refractivity contribution in [3.8, 4) is 0 Å². The highest BCUT2D eigenvalue weighted by molar-refractivity contribution is 5.91. The SMILES string of the molecule is C=C1[C@@H]2CC[C@H]3[C@]4(C)CCCC(C)(C)[C@H]4CC[C@]3(C2)[C@@H]1OC(=O)CC(=O)O[C@H]1C[C@]2(C)CC[C@H]1C2(C)C. The average Bonchev–Trinajstić information content (AvgIpc) is 3.22. The molecule has 0 N–H and O–H groups in total. The van der Waals surface area contributed by atoms with Crippen molar-refractivity contribution in [3.63, 3.8) is 0 Å². The van der Waals surface area contributed by atoms with Crippen LogP contribution in [0.25, 0.3) is 0 Å². The van der Waals surface area contributed by atoms with Crippen LogP contribution in [-0.4, -0.2) is 24.1 Å². The normalized spacial score (nSPS) is 48.8. The molecule has 0 radical (unpaired) electrons. The van der Waals surface area contributed by atoms with Gasteiger partial charge >= 0.3 is 11.9 Å². The van der Waals surface area contributed by atoms with Crippen molar-refractivity contribution in [2.75, 3.05) is 0 Å². The van der Waals surface area contributed by atoms with E-state index in [0.717, 1.165) is 37.2 Å². The number of rotatable bonds is 4. The van der Waals surface area contributed by atoms with E-state index in [-0.39, 0.29) is 34.9 Å². The molecule has 0 unspecified atom stereocenters. The molecule has 9 atom stereocenters. The van der Waals surface area contributed by atoms with Gasteiger partial charge in [0.1, 0.15) is 18.6 Å². The van der Waals surface area contributed by atoms with Crippen molar-refractivity contribution < 1.29 is 19.1 Å². The molecule has 6 rings (SSSR count). The van der Waals surface area contributed by atoms with E-state index in [1.165, 1.54) is 44.9 Å². The molecule has 37 heavy (non-hydrogen) atoms. The molecule has 0 aromatic carbocycles. The minimum atomic E-state index is -0.415. The highest BCUT2D eigenvalue weighted by Crippen LogP contribution is 2.72. The van der Waals surface area contributed by atoms with E-state index in [2.05, 4.69) is 48.1 Å². The monoisotopic (exact) mass is 510 g/mol. The van der Waals surface area contributed by atoms with Gasteiger partial charge in [0.2, 0.25) is 0 Å². The third-order valence-corrected chi connectivity index (χ3v) is 13.9. The number of fused-ring (bicyclic) bond motifs is 5. The number of hydrogen-bond donors (Lipinski definition) is 0. The van der Waals surface area contributed by atoms with Gasteiger partial charge in [-0.3, -0.25) is 9.59 Å². The van der Waals surface area contributed by atoms with E-state index in [0.29, 0.717) is 28.6 Å². The average molecular weight is 511 g/mol. The molecule has 6 aliphatic rings. The van der Waals surface area contributed by atoms with Gasteiger partial charge in [-0.1, -0.05) is 54.5 Å². The highest BCUT2D eigenvalue weighted by atomic mass is 16.6. The van der Waals surface area contributed by atoms with Crippen molar-refractivity contribution >= 4 is 11.9 Å². The maximum Gasteiger partial charge on any atom is 0.317 e. The van der Waals surface area contributed by atoms with E-state index in [4.69, 9.17) is 9.47 Å². The van der Waals surface area contributed by atoms with Crippen molar-refractivity contribution in [2.24, 2.45) is 50.7 Å². The molecule has 6 saturated carbocycles.